The molecule has 0 saturated carbocycles. The predicted octanol–water partition coefficient (Wildman–Crippen LogP) is 4.19. The quantitative estimate of drug-likeness (QED) is 0.680. The molecule has 1 N–H and O–H groups in total. The summed E-state index contributed by atoms with van der Waals surface area (Å²) in [4.78, 5) is 11.8. The molecular formula is C15H10BrFO2. The van der Waals surface area contributed by atoms with E-state index >= 15 is 0 Å². The van der Waals surface area contributed by atoms with Crippen molar-refractivity contribution < 1.29 is 14.3 Å². The van der Waals surface area contributed by atoms with Crippen molar-refractivity contribution in [1.82, 2.24) is 0 Å². The molecule has 0 aromatic heterocycles. The van der Waals surface area contributed by atoms with E-state index in [0.29, 0.717) is 11.1 Å². The standard InChI is InChI=1S/C15H10BrFO2/c16-12-4-7-14(17)11(9-12)3-8-15(19)10-1-5-13(18)6-2-10/h1-9,18H/b8-3+. The molecule has 2 rings (SSSR count). The number of allylic oxidation sites excluding steroid dienone is 1. The lowest BCUT2D eigenvalue weighted by atomic mass is 10.1. The monoisotopic (exact) mass is 320 g/mol. The Morgan fingerprint density at radius 2 is 1.84 bits per heavy atom. The normalized spacial score (nSPS) is 10.8. The van der Waals surface area contributed by atoms with Crippen LogP contribution in [0, 0.1) is 5.82 Å². The van der Waals surface area contributed by atoms with Gasteiger partial charge in [0.1, 0.15) is 11.6 Å². The van der Waals surface area contributed by atoms with Gasteiger partial charge in [-0.15, -0.1) is 0 Å². The third kappa shape index (κ3) is 3.51. The van der Waals surface area contributed by atoms with Crippen molar-refractivity contribution in [1.29, 1.82) is 0 Å². The Balaban J connectivity index is 2.20. The highest BCUT2D eigenvalue weighted by molar-refractivity contribution is 9.10. The number of hydrogen-bond donors (Lipinski definition) is 1. The van der Waals surface area contributed by atoms with Crippen molar-refractivity contribution in [3.8, 4) is 5.75 Å². The van der Waals surface area contributed by atoms with Crippen LogP contribution in [0.2, 0.25) is 0 Å². The molecule has 96 valence electrons. The van der Waals surface area contributed by atoms with E-state index in [1.54, 1.807) is 12.1 Å². The minimum absolute atomic E-state index is 0.0959. The molecule has 0 heterocycles. The van der Waals surface area contributed by atoms with Crippen LogP contribution < -0.4 is 0 Å². The summed E-state index contributed by atoms with van der Waals surface area (Å²) in [5.74, 6) is -0.545. The molecule has 4 heteroatoms. The molecule has 0 aliphatic rings. The molecule has 0 aliphatic heterocycles. The maximum atomic E-state index is 13.5. The fourth-order valence-electron chi connectivity index (χ4n) is 1.53. The van der Waals surface area contributed by atoms with Crippen molar-refractivity contribution in [3.63, 3.8) is 0 Å². The second-order valence-corrected chi connectivity index (χ2v) is 4.83. The van der Waals surface area contributed by atoms with Crippen LogP contribution in [-0.4, -0.2) is 10.9 Å². The second-order valence-electron chi connectivity index (χ2n) is 3.91. The molecule has 0 spiro atoms. The average Bonchev–Trinajstić information content (AvgIpc) is 2.40. The molecule has 0 saturated heterocycles. The number of ketones is 1. The molecular weight excluding hydrogens is 311 g/mol. The molecule has 0 fully saturated rings. The molecule has 2 aromatic rings. The van der Waals surface area contributed by atoms with Gasteiger partial charge in [-0.1, -0.05) is 15.9 Å². The number of phenols is 1. The molecule has 2 nitrogen and oxygen atoms in total. The number of carbonyl (C=O) groups is 1. The Morgan fingerprint density at radius 1 is 1.16 bits per heavy atom. The fraction of sp³-hybridized carbons (Fsp3) is 0. The Bertz CT molecular complexity index is 633. The Hall–Kier alpha value is -1.94. The van der Waals surface area contributed by atoms with Crippen LogP contribution in [-0.2, 0) is 0 Å². The summed E-state index contributed by atoms with van der Waals surface area (Å²) in [6, 6.07) is 10.4. The summed E-state index contributed by atoms with van der Waals surface area (Å²) in [7, 11) is 0. The van der Waals surface area contributed by atoms with Crippen LogP contribution in [0.1, 0.15) is 15.9 Å². The Kier molecular flexibility index (Phi) is 4.12. The molecule has 0 unspecified atom stereocenters. The number of benzene rings is 2. The number of carbonyl (C=O) groups excluding carboxylic acids is 1. The van der Waals surface area contributed by atoms with Gasteiger partial charge in [0.2, 0.25) is 0 Å². The second kappa shape index (κ2) is 5.80. The van der Waals surface area contributed by atoms with Gasteiger partial charge in [0.15, 0.2) is 5.78 Å². The zero-order valence-electron chi connectivity index (χ0n) is 9.81. The first-order valence-corrected chi connectivity index (χ1v) is 6.32. The van der Waals surface area contributed by atoms with Crippen LogP contribution >= 0.6 is 15.9 Å². The van der Waals surface area contributed by atoms with Gasteiger partial charge in [0, 0.05) is 15.6 Å². The fourth-order valence-corrected chi connectivity index (χ4v) is 1.91. The SMILES string of the molecule is O=C(/C=C/c1cc(Br)ccc1F)c1ccc(O)cc1. The van der Waals surface area contributed by atoms with Crippen molar-refractivity contribution in [3.05, 3.63) is 70.0 Å². The largest absolute Gasteiger partial charge is 0.508 e. The first kappa shape index (κ1) is 13.5. The van der Waals surface area contributed by atoms with Gasteiger partial charge in [-0.25, -0.2) is 4.39 Å². The van der Waals surface area contributed by atoms with Crippen molar-refractivity contribution >= 4 is 27.8 Å². The molecule has 0 aliphatic carbocycles. The summed E-state index contributed by atoms with van der Waals surface area (Å²) < 4.78 is 14.2. The minimum atomic E-state index is -0.391. The summed E-state index contributed by atoms with van der Waals surface area (Å²) in [6.45, 7) is 0. The van der Waals surface area contributed by atoms with Gasteiger partial charge in [0.25, 0.3) is 0 Å². The van der Waals surface area contributed by atoms with Crippen molar-refractivity contribution in [2.24, 2.45) is 0 Å². The zero-order chi connectivity index (χ0) is 13.8. The maximum absolute atomic E-state index is 13.5. The topological polar surface area (TPSA) is 37.3 Å². The zero-order valence-corrected chi connectivity index (χ0v) is 11.4. The summed E-state index contributed by atoms with van der Waals surface area (Å²) in [6.07, 6.45) is 2.73. The van der Waals surface area contributed by atoms with Gasteiger partial charge >= 0.3 is 0 Å². The summed E-state index contributed by atoms with van der Waals surface area (Å²) >= 11 is 3.24. The molecule has 0 atom stereocenters. The first-order chi connectivity index (χ1) is 9.06. The van der Waals surface area contributed by atoms with E-state index in [9.17, 15) is 9.18 Å². The predicted molar refractivity (Wildman–Crippen MR) is 75.6 cm³/mol. The number of rotatable bonds is 3. The van der Waals surface area contributed by atoms with Gasteiger partial charge in [0.05, 0.1) is 0 Å². The third-order valence-corrected chi connectivity index (χ3v) is 3.02. The smallest absolute Gasteiger partial charge is 0.185 e. The van der Waals surface area contributed by atoms with E-state index in [-0.39, 0.29) is 11.5 Å². The van der Waals surface area contributed by atoms with Gasteiger partial charge in [-0.05, 0) is 54.6 Å². The summed E-state index contributed by atoms with van der Waals surface area (Å²) in [5.41, 5.74) is 0.769. The molecule has 2 aromatic carbocycles. The van der Waals surface area contributed by atoms with E-state index < -0.39 is 5.82 Å². The number of phenolic OH excluding ortho intramolecular Hbond substituents is 1. The highest BCUT2D eigenvalue weighted by atomic mass is 79.9. The Morgan fingerprint density at radius 3 is 2.53 bits per heavy atom. The van der Waals surface area contributed by atoms with Gasteiger partial charge in [-0.2, -0.15) is 0 Å². The highest BCUT2D eigenvalue weighted by Crippen LogP contribution is 2.17. The van der Waals surface area contributed by atoms with Gasteiger partial charge < -0.3 is 5.11 Å². The third-order valence-electron chi connectivity index (χ3n) is 2.52. The van der Waals surface area contributed by atoms with Crippen LogP contribution in [0.25, 0.3) is 6.08 Å². The van der Waals surface area contributed by atoms with Crippen LogP contribution in [0.15, 0.2) is 53.0 Å². The molecule has 0 radical (unpaired) electrons. The average molecular weight is 321 g/mol. The number of hydrogen-bond acceptors (Lipinski definition) is 2. The lowest BCUT2D eigenvalue weighted by Gasteiger charge is -1.98. The van der Waals surface area contributed by atoms with Crippen LogP contribution in [0.4, 0.5) is 4.39 Å². The first-order valence-electron chi connectivity index (χ1n) is 5.53. The van der Waals surface area contributed by atoms with E-state index in [2.05, 4.69) is 15.9 Å². The molecule has 0 amide bonds. The van der Waals surface area contributed by atoms with E-state index in [1.165, 1.54) is 42.5 Å². The number of aromatic hydroxyl groups is 1. The minimum Gasteiger partial charge on any atom is -0.508 e. The van der Waals surface area contributed by atoms with Crippen LogP contribution in [0.3, 0.4) is 0 Å². The van der Waals surface area contributed by atoms with Crippen molar-refractivity contribution in [2.45, 2.75) is 0 Å². The Labute approximate surface area is 118 Å². The number of halogens is 2. The van der Waals surface area contributed by atoms with Crippen LogP contribution in [0.5, 0.6) is 5.75 Å². The lowest BCUT2D eigenvalue weighted by Crippen LogP contribution is -1.93. The maximum Gasteiger partial charge on any atom is 0.185 e. The molecule has 0 bridgehead atoms. The lowest BCUT2D eigenvalue weighted by molar-refractivity contribution is 0.104. The van der Waals surface area contributed by atoms with E-state index in [1.807, 2.05) is 0 Å². The summed E-state index contributed by atoms with van der Waals surface area (Å²) in [5, 5.41) is 9.13. The van der Waals surface area contributed by atoms with E-state index in [0.717, 1.165) is 4.47 Å². The molecule has 19 heavy (non-hydrogen) atoms. The van der Waals surface area contributed by atoms with E-state index in [4.69, 9.17) is 5.11 Å². The van der Waals surface area contributed by atoms with Crippen molar-refractivity contribution in [2.75, 3.05) is 0 Å². The highest BCUT2D eigenvalue weighted by Gasteiger charge is 2.03. The van der Waals surface area contributed by atoms with Gasteiger partial charge in [-0.3, -0.25) is 4.79 Å².